The summed E-state index contributed by atoms with van der Waals surface area (Å²) in [5, 5.41) is 3.14. The number of aromatic nitrogens is 1. The highest BCUT2D eigenvalue weighted by Crippen LogP contribution is 2.37. The van der Waals surface area contributed by atoms with Crippen LogP contribution in [-0.2, 0) is 4.43 Å². The summed E-state index contributed by atoms with van der Waals surface area (Å²) >= 11 is 3.52. The van der Waals surface area contributed by atoms with Crippen molar-refractivity contribution >= 4 is 34.6 Å². The van der Waals surface area contributed by atoms with Crippen molar-refractivity contribution in [3.63, 3.8) is 0 Å². The molecule has 0 amide bonds. The standard InChI is InChI=1S/C23H28BrNO3Si/c1-23(2,3)29(20-10-6-4-7-11-20,21-12-8-5-9-13-21)28-18-19(14-15-24)25-16-17-27-22(25)26/h4-13,16-17,19H,14-15,18H2,1-3H3/t19-/m1/s1. The number of rotatable bonds is 8. The van der Waals surface area contributed by atoms with E-state index in [0.29, 0.717) is 6.61 Å². The first-order valence-corrected chi connectivity index (χ1v) is 12.9. The van der Waals surface area contributed by atoms with Gasteiger partial charge in [-0.1, -0.05) is 97.4 Å². The van der Waals surface area contributed by atoms with Gasteiger partial charge in [0, 0.05) is 11.5 Å². The van der Waals surface area contributed by atoms with E-state index in [1.54, 1.807) is 10.8 Å². The average Bonchev–Trinajstić information content (AvgIpc) is 3.14. The Bertz CT molecular complexity index is 908. The number of benzene rings is 2. The minimum atomic E-state index is -2.63. The van der Waals surface area contributed by atoms with Gasteiger partial charge in [0.25, 0.3) is 8.32 Å². The van der Waals surface area contributed by atoms with Crippen LogP contribution in [0, 0.1) is 0 Å². The summed E-state index contributed by atoms with van der Waals surface area (Å²) in [6.45, 7) is 7.20. The second-order valence-electron chi connectivity index (χ2n) is 8.18. The Labute approximate surface area is 181 Å². The van der Waals surface area contributed by atoms with Gasteiger partial charge in [0.2, 0.25) is 0 Å². The molecule has 0 saturated heterocycles. The number of halogens is 1. The van der Waals surface area contributed by atoms with E-state index in [4.69, 9.17) is 8.84 Å². The molecule has 4 nitrogen and oxygen atoms in total. The third-order valence-corrected chi connectivity index (χ3v) is 10.8. The van der Waals surface area contributed by atoms with E-state index in [0.717, 1.165) is 11.8 Å². The van der Waals surface area contributed by atoms with Gasteiger partial charge in [-0.3, -0.25) is 4.57 Å². The average molecular weight is 474 g/mol. The van der Waals surface area contributed by atoms with Crippen molar-refractivity contribution in [2.45, 2.75) is 38.3 Å². The zero-order chi connectivity index (χ0) is 20.9. The van der Waals surface area contributed by atoms with Crippen LogP contribution in [0.25, 0.3) is 0 Å². The van der Waals surface area contributed by atoms with E-state index >= 15 is 0 Å². The molecule has 0 saturated carbocycles. The molecule has 0 aliphatic heterocycles. The van der Waals surface area contributed by atoms with Gasteiger partial charge in [0.1, 0.15) is 6.26 Å². The van der Waals surface area contributed by atoms with Gasteiger partial charge < -0.3 is 8.84 Å². The molecule has 154 valence electrons. The van der Waals surface area contributed by atoms with Crippen LogP contribution < -0.4 is 16.1 Å². The van der Waals surface area contributed by atoms with Gasteiger partial charge in [-0.15, -0.1) is 0 Å². The molecule has 0 bridgehead atoms. The maximum atomic E-state index is 12.1. The largest absolute Gasteiger partial charge is 0.419 e. The van der Waals surface area contributed by atoms with Gasteiger partial charge >= 0.3 is 5.76 Å². The first-order valence-electron chi connectivity index (χ1n) is 9.87. The lowest BCUT2D eigenvalue weighted by atomic mass is 10.2. The predicted octanol–water partition coefficient (Wildman–Crippen LogP) is 4.34. The fourth-order valence-corrected chi connectivity index (χ4v) is 9.08. The third-order valence-electron chi connectivity index (χ3n) is 5.35. The van der Waals surface area contributed by atoms with Crippen LogP contribution >= 0.6 is 15.9 Å². The Hall–Kier alpha value is -1.89. The molecule has 0 unspecified atom stereocenters. The fourth-order valence-electron chi connectivity index (χ4n) is 3.96. The smallest absolute Gasteiger partial charge is 0.416 e. The molecular weight excluding hydrogens is 446 g/mol. The Kier molecular flexibility index (Phi) is 6.98. The van der Waals surface area contributed by atoms with Crippen molar-refractivity contribution in [1.29, 1.82) is 0 Å². The van der Waals surface area contributed by atoms with Crippen LogP contribution in [0.1, 0.15) is 33.2 Å². The number of hydrogen-bond donors (Lipinski definition) is 0. The highest BCUT2D eigenvalue weighted by Gasteiger charge is 2.50. The Morgan fingerprint density at radius 3 is 2.00 bits per heavy atom. The Morgan fingerprint density at radius 1 is 1.03 bits per heavy atom. The van der Waals surface area contributed by atoms with Gasteiger partial charge in [0.05, 0.1) is 12.6 Å². The van der Waals surface area contributed by atoms with Crippen molar-refractivity contribution in [3.05, 3.63) is 83.7 Å². The van der Waals surface area contributed by atoms with Crippen molar-refractivity contribution in [2.75, 3.05) is 11.9 Å². The van der Waals surface area contributed by atoms with Crippen LogP contribution in [-0.4, -0.2) is 24.8 Å². The molecule has 0 aliphatic rings. The molecule has 1 heterocycles. The highest BCUT2D eigenvalue weighted by molar-refractivity contribution is 9.09. The minimum absolute atomic E-state index is 0.0951. The van der Waals surface area contributed by atoms with Crippen molar-refractivity contribution in [3.8, 4) is 0 Å². The van der Waals surface area contributed by atoms with Crippen molar-refractivity contribution in [2.24, 2.45) is 0 Å². The number of hydrogen-bond acceptors (Lipinski definition) is 3. The number of oxazole rings is 1. The van der Waals surface area contributed by atoms with E-state index in [1.165, 1.54) is 16.6 Å². The fraction of sp³-hybridized carbons (Fsp3) is 0.348. The van der Waals surface area contributed by atoms with E-state index in [-0.39, 0.29) is 16.8 Å². The summed E-state index contributed by atoms with van der Waals surface area (Å²) in [5.41, 5.74) is 0. The van der Waals surface area contributed by atoms with Gasteiger partial charge in [0.15, 0.2) is 0 Å². The molecule has 2 aromatic carbocycles. The normalized spacial score (nSPS) is 13.4. The molecule has 1 aromatic heterocycles. The molecule has 3 rings (SSSR count). The van der Waals surface area contributed by atoms with Crippen molar-refractivity contribution in [1.82, 2.24) is 4.57 Å². The molecule has 3 aromatic rings. The summed E-state index contributed by atoms with van der Waals surface area (Å²) < 4.78 is 13.6. The molecular formula is C23H28BrNO3Si. The van der Waals surface area contributed by atoms with E-state index < -0.39 is 8.32 Å². The van der Waals surface area contributed by atoms with Gasteiger partial charge in [-0.2, -0.15) is 0 Å². The van der Waals surface area contributed by atoms with Crippen LogP contribution in [0.5, 0.6) is 0 Å². The van der Waals surface area contributed by atoms with Gasteiger partial charge in [-0.25, -0.2) is 4.79 Å². The summed E-state index contributed by atoms with van der Waals surface area (Å²) in [5.74, 6) is -0.345. The molecule has 29 heavy (non-hydrogen) atoms. The third kappa shape index (κ3) is 4.49. The molecule has 0 aliphatic carbocycles. The zero-order valence-corrected chi connectivity index (χ0v) is 19.8. The molecule has 0 radical (unpaired) electrons. The second kappa shape index (κ2) is 9.28. The lowest BCUT2D eigenvalue weighted by Crippen LogP contribution is -2.67. The molecule has 1 atom stereocenters. The molecule has 6 heteroatoms. The first-order chi connectivity index (χ1) is 13.9. The van der Waals surface area contributed by atoms with Crippen molar-refractivity contribution < 1.29 is 8.84 Å². The van der Waals surface area contributed by atoms with Crippen LogP contribution in [0.4, 0.5) is 0 Å². The minimum Gasteiger partial charge on any atom is -0.416 e. The Morgan fingerprint density at radius 2 is 1.59 bits per heavy atom. The maximum absolute atomic E-state index is 12.1. The lowest BCUT2D eigenvalue weighted by Gasteiger charge is -2.43. The monoisotopic (exact) mass is 473 g/mol. The molecule has 0 N–H and O–H groups in total. The topological polar surface area (TPSA) is 44.4 Å². The predicted molar refractivity (Wildman–Crippen MR) is 124 cm³/mol. The highest BCUT2D eigenvalue weighted by atomic mass is 79.9. The number of nitrogens with zero attached hydrogens (tertiary/aromatic N) is 1. The van der Waals surface area contributed by atoms with E-state index in [2.05, 4.69) is 85.2 Å². The summed E-state index contributed by atoms with van der Waals surface area (Å²) in [4.78, 5) is 12.1. The summed E-state index contributed by atoms with van der Waals surface area (Å²) in [6, 6.07) is 21.0. The molecule has 0 fully saturated rings. The lowest BCUT2D eigenvalue weighted by molar-refractivity contribution is 0.226. The second-order valence-corrected chi connectivity index (χ2v) is 13.3. The molecule has 0 spiro atoms. The Balaban J connectivity index is 2.08. The van der Waals surface area contributed by atoms with Crippen LogP contribution in [0.15, 0.2) is 82.3 Å². The number of alkyl halides is 1. The maximum Gasteiger partial charge on any atom is 0.419 e. The summed E-state index contributed by atoms with van der Waals surface area (Å²) in [7, 11) is -2.63. The van der Waals surface area contributed by atoms with E-state index in [1.807, 2.05) is 12.1 Å². The zero-order valence-electron chi connectivity index (χ0n) is 17.2. The SMILES string of the molecule is CC(C)(C)[Si](OC[C@@H](CCBr)n1ccoc1=O)(c1ccccc1)c1ccccc1. The quantitative estimate of drug-likeness (QED) is 0.360. The van der Waals surface area contributed by atoms with Crippen LogP contribution in [0.3, 0.4) is 0 Å². The van der Waals surface area contributed by atoms with Gasteiger partial charge in [-0.05, 0) is 21.8 Å². The first kappa shape index (κ1) is 21.8. The van der Waals surface area contributed by atoms with E-state index in [9.17, 15) is 4.79 Å². The van der Waals surface area contributed by atoms with Crippen LogP contribution in [0.2, 0.25) is 5.04 Å². The summed E-state index contributed by atoms with van der Waals surface area (Å²) in [6.07, 6.45) is 3.91.